The predicted octanol–water partition coefficient (Wildman–Crippen LogP) is 3.06. The average molecular weight is 341 g/mol. The van der Waals surface area contributed by atoms with E-state index in [1.54, 1.807) is 0 Å². The van der Waals surface area contributed by atoms with Gasteiger partial charge in [-0.15, -0.1) is 0 Å². The van der Waals surface area contributed by atoms with Crippen molar-refractivity contribution in [3.63, 3.8) is 0 Å². The summed E-state index contributed by atoms with van der Waals surface area (Å²) in [5, 5.41) is 3.35. The molecule has 1 aliphatic rings. The summed E-state index contributed by atoms with van der Waals surface area (Å²) in [5.74, 6) is -0.308. The van der Waals surface area contributed by atoms with Crippen LogP contribution in [0, 0.1) is 0 Å². The Balaban J connectivity index is 2.21. The fraction of sp³-hybridized carbons (Fsp3) is 0.533. The SMILES string of the molecule is CCCC1CC(Nc2ccccc2Br)(C(N)=O)CCO1. The Morgan fingerprint density at radius 3 is 2.95 bits per heavy atom. The summed E-state index contributed by atoms with van der Waals surface area (Å²) in [5.41, 5.74) is 5.86. The molecule has 0 saturated carbocycles. The molecule has 0 aliphatic carbocycles. The number of nitrogens with one attached hydrogen (secondary N) is 1. The molecule has 2 atom stereocenters. The summed E-state index contributed by atoms with van der Waals surface area (Å²) in [6.45, 7) is 2.68. The molecule has 5 heteroatoms. The van der Waals surface area contributed by atoms with Crippen molar-refractivity contribution in [1.29, 1.82) is 0 Å². The number of anilines is 1. The molecule has 0 radical (unpaired) electrons. The molecule has 2 unspecified atom stereocenters. The molecular weight excluding hydrogens is 320 g/mol. The molecule has 4 nitrogen and oxygen atoms in total. The highest BCUT2D eigenvalue weighted by atomic mass is 79.9. The predicted molar refractivity (Wildman–Crippen MR) is 83.6 cm³/mol. The second kappa shape index (κ2) is 6.59. The second-order valence-corrected chi connectivity index (χ2v) is 6.14. The van der Waals surface area contributed by atoms with Crippen molar-refractivity contribution in [3.05, 3.63) is 28.7 Å². The number of carbonyl (C=O) groups is 1. The van der Waals surface area contributed by atoms with Crippen molar-refractivity contribution in [3.8, 4) is 0 Å². The van der Waals surface area contributed by atoms with Crippen LogP contribution in [-0.4, -0.2) is 24.2 Å². The van der Waals surface area contributed by atoms with E-state index < -0.39 is 5.54 Å². The molecule has 1 fully saturated rings. The first-order chi connectivity index (χ1) is 9.57. The third kappa shape index (κ3) is 3.33. The van der Waals surface area contributed by atoms with Gasteiger partial charge in [0.25, 0.3) is 0 Å². The maximum Gasteiger partial charge on any atom is 0.243 e. The topological polar surface area (TPSA) is 64.3 Å². The lowest BCUT2D eigenvalue weighted by molar-refractivity contribution is -0.127. The van der Waals surface area contributed by atoms with Crippen LogP contribution in [0.25, 0.3) is 0 Å². The number of rotatable bonds is 5. The van der Waals surface area contributed by atoms with Gasteiger partial charge in [0.05, 0.1) is 6.10 Å². The Morgan fingerprint density at radius 2 is 2.30 bits per heavy atom. The van der Waals surface area contributed by atoms with Gasteiger partial charge >= 0.3 is 0 Å². The molecular formula is C15H21BrN2O2. The minimum absolute atomic E-state index is 0.0937. The first-order valence-electron chi connectivity index (χ1n) is 7.01. The maximum absolute atomic E-state index is 12.0. The quantitative estimate of drug-likeness (QED) is 0.865. The van der Waals surface area contributed by atoms with E-state index >= 15 is 0 Å². The van der Waals surface area contributed by atoms with Crippen molar-refractivity contribution in [1.82, 2.24) is 0 Å². The highest BCUT2D eigenvalue weighted by Gasteiger charge is 2.42. The van der Waals surface area contributed by atoms with E-state index in [9.17, 15) is 4.79 Å². The van der Waals surface area contributed by atoms with Gasteiger partial charge in [-0.3, -0.25) is 4.79 Å². The Kier molecular flexibility index (Phi) is 5.05. The molecule has 0 bridgehead atoms. The highest BCUT2D eigenvalue weighted by molar-refractivity contribution is 9.10. The van der Waals surface area contributed by atoms with Gasteiger partial charge in [0.1, 0.15) is 5.54 Å². The number of hydrogen-bond acceptors (Lipinski definition) is 3. The van der Waals surface area contributed by atoms with E-state index in [1.807, 2.05) is 24.3 Å². The summed E-state index contributed by atoms with van der Waals surface area (Å²) in [6.07, 6.45) is 3.30. The van der Waals surface area contributed by atoms with Crippen LogP contribution in [-0.2, 0) is 9.53 Å². The van der Waals surface area contributed by atoms with Crippen LogP contribution >= 0.6 is 15.9 Å². The van der Waals surface area contributed by atoms with Crippen LogP contribution in [0.5, 0.6) is 0 Å². The summed E-state index contributed by atoms with van der Waals surface area (Å²) in [7, 11) is 0. The van der Waals surface area contributed by atoms with Crippen LogP contribution in [0.2, 0.25) is 0 Å². The van der Waals surface area contributed by atoms with Gasteiger partial charge in [0.15, 0.2) is 0 Å². The van der Waals surface area contributed by atoms with Gasteiger partial charge in [-0.2, -0.15) is 0 Å². The van der Waals surface area contributed by atoms with Gasteiger partial charge in [-0.25, -0.2) is 0 Å². The number of halogens is 1. The van der Waals surface area contributed by atoms with Gasteiger partial charge < -0.3 is 15.8 Å². The molecule has 0 spiro atoms. The van der Waals surface area contributed by atoms with Crippen LogP contribution in [0.4, 0.5) is 5.69 Å². The second-order valence-electron chi connectivity index (χ2n) is 5.29. The van der Waals surface area contributed by atoms with Crippen LogP contribution in [0.15, 0.2) is 28.7 Å². The lowest BCUT2D eigenvalue weighted by Crippen LogP contribution is -2.56. The fourth-order valence-corrected chi connectivity index (χ4v) is 3.06. The van der Waals surface area contributed by atoms with E-state index in [0.717, 1.165) is 23.0 Å². The van der Waals surface area contributed by atoms with Gasteiger partial charge in [-0.1, -0.05) is 25.5 Å². The Bertz CT molecular complexity index is 479. The number of primary amides is 1. The molecule has 1 aliphatic heterocycles. The molecule has 110 valence electrons. The molecule has 3 N–H and O–H groups in total. The summed E-state index contributed by atoms with van der Waals surface area (Å²) in [6, 6.07) is 7.76. The zero-order valence-electron chi connectivity index (χ0n) is 11.7. The molecule has 2 rings (SSSR count). The lowest BCUT2D eigenvalue weighted by atomic mass is 9.84. The van der Waals surface area contributed by atoms with Crippen molar-refractivity contribution < 1.29 is 9.53 Å². The van der Waals surface area contributed by atoms with Crippen molar-refractivity contribution in [2.75, 3.05) is 11.9 Å². The summed E-state index contributed by atoms with van der Waals surface area (Å²) < 4.78 is 6.66. The monoisotopic (exact) mass is 340 g/mol. The highest BCUT2D eigenvalue weighted by Crippen LogP contribution is 2.33. The zero-order chi connectivity index (χ0) is 14.6. The zero-order valence-corrected chi connectivity index (χ0v) is 13.3. The maximum atomic E-state index is 12.0. The molecule has 1 aromatic carbocycles. The van der Waals surface area contributed by atoms with Gasteiger partial charge in [0, 0.05) is 29.6 Å². The number of nitrogens with two attached hydrogens (primary N) is 1. The van der Waals surface area contributed by atoms with Crippen LogP contribution in [0.1, 0.15) is 32.6 Å². The van der Waals surface area contributed by atoms with E-state index in [0.29, 0.717) is 19.4 Å². The molecule has 1 heterocycles. The lowest BCUT2D eigenvalue weighted by Gasteiger charge is -2.40. The number of para-hydroxylation sites is 1. The number of ether oxygens (including phenoxy) is 1. The fourth-order valence-electron chi connectivity index (χ4n) is 2.68. The number of hydrogen-bond donors (Lipinski definition) is 2. The number of amides is 1. The molecule has 1 aromatic rings. The molecule has 20 heavy (non-hydrogen) atoms. The Morgan fingerprint density at radius 1 is 1.55 bits per heavy atom. The van der Waals surface area contributed by atoms with Crippen molar-refractivity contribution in [2.24, 2.45) is 5.73 Å². The minimum Gasteiger partial charge on any atom is -0.378 e. The Labute approximate surface area is 128 Å². The smallest absolute Gasteiger partial charge is 0.243 e. The van der Waals surface area contributed by atoms with Crippen LogP contribution < -0.4 is 11.1 Å². The minimum atomic E-state index is -0.720. The van der Waals surface area contributed by atoms with Crippen molar-refractivity contribution >= 4 is 27.5 Å². The molecule has 1 amide bonds. The summed E-state index contributed by atoms with van der Waals surface area (Å²) >= 11 is 3.50. The Hall–Kier alpha value is -1.07. The van der Waals surface area contributed by atoms with Gasteiger partial charge in [0.2, 0.25) is 5.91 Å². The molecule has 1 saturated heterocycles. The van der Waals surface area contributed by atoms with E-state index in [-0.39, 0.29) is 12.0 Å². The normalized spacial score (nSPS) is 26.2. The first-order valence-corrected chi connectivity index (χ1v) is 7.81. The molecule has 0 aromatic heterocycles. The third-order valence-corrected chi connectivity index (χ3v) is 4.48. The average Bonchev–Trinajstić information content (AvgIpc) is 2.42. The number of carbonyl (C=O) groups excluding carboxylic acids is 1. The van der Waals surface area contributed by atoms with E-state index in [1.165, 1.54) is 0 Å². The van der Waals surface area contributed by atoms with E-state index in [4.69, 9.17) is 10.5 Å². The van der Waals surface area contributed by atoms with E-state index in [2.05, 4.69) is 28.2 Å². The number of benzene rings is 1. The summed E-state index contributed by atoms with van der Waals surface area (Å²) in [4.78, 5) is 12.0. The van der Waals surface area contributed by atoms with Crippen LogP contribution in [0.3, 0.4) is 0 Å². The first kappa shape index (κ1) is 15.3. The third-order valence-electron chi connectivity index (χ3n) is 3.79. The van der Waals surface area contributed by atoms with Crippen molar-refractivity contribution in [2.45, 2.75) is 44.2 Å². The standard InChI is InChI=1S/C15H21BrN2O2/c1-2-5-11-10-15(14(17)19,8-9-20-11)18-13-7-4-3-6-12(13)16/h3-4,6-7,11,18H,2,5,8-10H2,1H3,(H2,17,19). The van der Waals surface area contributed by atoms with Gasteiger partial charge in [-0.05, 0) is 34.5 Å². The largest absolute Gasteiger partial charge is 0.378 e.